The highest BCUT2D eigenvalue weighted by molar-refractivity contribution is 5.87. The number of carbonyl (C=O) groups excluding carboxylic acids is 2. The number of carboxylic acid groups (broad SMARTS) is 1. The fraction of sp³-hybridized carbons (Fsp3) is 0.750. The average molecular weight is 269 g/mol. The lowest BCUT2D eigenvalue weighted by Crippen LogP contribution is -2.51. The first-order valence-corrected chi connectivity index (χ1v) is 6.55. The Morgan fingerprint density at radius 1 is 1.11 bits per heavy atom. The van der Waals surface area contributed by atoms with Crippen molar-refractivity contribution in [1.82, 2.24) is 10.6 Å². The van der Waals surface area contributed by atoms with Gasteiger partial charge in [0.15, 0.2) is 0 Å². The third-order valence-corrected chi connectivity index (χ3v) is 3.57. The van der Waals surface area contributed by atoms with E-state index in [-0.39, 0.29) is 6.04 Å². The van der Waals surface area contributed by atoms with Crippen LogP contribution in [0.5, 0.6) is 0 Å². The van der Waals surface area contributed by atoms with E-state index in [9.17, 15) is 14.4 Å². The molecule has 1 atom stereocenters. The Labute approximate surface area is 110 Å². The number of urea groups is 1. The molecule has 3 amide bonds. The molecule has 0 aromatic carbocycles. The minimum Gasteiger partial charge on any atom is -0.480 e. The lowest BCUT2D eigenvalue weighted by Gasteiger charge is -2.20. The minimum atomic E-state index is -1.27. The molecule has 7 heteroatoms. The van der Waals surface area contributed by atoms with Gasteiger partial charge in [0.1, 0.15) is 6.04 Å². The van der Waals surface area contributed by atoms with Crippen LogP contribution in [0.15, 0.2) is 0 Å². The third-order valence-electron chi connectivity index (χ3n) is 3.57. The van der Waals surface area contributed by atoms with Crippen molar-refractivity contribution in [2.24, 2.45) is 17.6 Å². The number of rotatable bonds is 7. The smallest absolute Gasteiger partial charge is 0.326 e. The van der Waals surface area contributed by atoms with Crippen LogP contribution in [0.4, 0.5) is 4.79 Å². The van der Waals surface area contributed by atoms with Crippen LogP contribution in [0.2, 0.25) is 0 Å². The number of nitrogens with two attached hydrogens (primary N) is 1. The summed E-state index contributed by atoms with van der Waals surface area (Å²) in [5.74, 6) is -0.965. The number of nitrogens with one attached hydrogen (secondary N) is 2. The van der Waals surface area contributed by atoms with Gasteiger partial charge in [-0.2, -0.15) is 0 Å². The predicted octanol–water partition coefficient (Wildman–Crippen LogP) is -0.197. The molecule has 2 fully saturated rings. The van der Waals surface area contributed by atoms with Gasteiger partial charge in [0.2, 0.25) is 5.91 Å². The normalized spacial score (nSPS) is 19.8. The Morgan fingerprint density at radius 2 is 1.63 bits per heavy atom. The van der Waals surface area contributed by atoms with Gasteiger partial charge in [-0.05, 0) is 37.5 Å². The van der Waals surface area contributed by atoms with Crippen molar-refractivity contribution in [2.45, 2.75) is 44.2 Å². The Morgan fingerprint density at radius 3 is 2.00 bits per heavy atom. The van der Waals surface area contributed by atoms with E-state index in [1.165, 1.54) is 0 Å². The molecule has 2 aliphatic rings. The minimum absolute atomic E-state index is 0.142. The van der Waals surface area contributed by atoms with Gasteiger partial charge < -0.3 is 21.5 Å². The van der Waals surface area contributed by atoms with Gasteiger partial charge in [0.25, 0.3) is 0 Å². The molecule has 0 spiro atoms. The van der Waals surface area contributed by atoms with Crippen molar-refractivity contribution in [3.8, 4) is 0 Å². The SMILES string of the molecule is NC(=O)C[C@@H](NC(=O)NC(C1CC1)C1CC1)C(=O)O. The highest BCUT2D eigenvalue weighted by Crippen LogP contribution is 2.44. The summed E-state index contributed by atoms with van der Waals surface area (Å²) in [6.07, 6.45) is 4.06. The topological polar surface area (TPSA) is 122 Å². The highest BCUT2D eigenvalue weighted by Gasteiger charge is 2.42. The molecule has 19 heavy (non-hydrogen) atoms. The Kier molecular flexibility index (Phi) is 3.92. The quantitative estimate of drug-likeness (QED) is 0.511. The van der Waals surface area contributed by atoms with E-state index in [0.29, 0.717) is 11.8 Å². The van der Waals surface area contributed by atoms with E-state index in [0.717, 1.165) is 25.7 Å². The molecular formula is C12H19N3O4. The first-order chi connectivity index (χ1) is 8.97. The zero-order valence-electron chi connectivity index (χ0n) is 10.6. The molecule has 0 aromatic rings. The largest absolute Gasteiger partial charge is 0.480 e. The molecule has 0 aliphatic heterocycles. The van der Waals surface area contributed by atoms with E-state index in [4.69, 9.17) is 10.8 Å². The van der Waals surface area contributed by atoms with Crippen LogP contribution in [-0.4, -0.2) is 35.1 Å². The second-order valence-electron chi connectivity index (χ2n) is 5.38. The van der Waals surface area contributed by atoms with E-state index in [1.54, 1.807) is 0 Å². The molecule has 2 saturated carbocycles. The van der Waals surface area contributed by atoms with Crippen LogP contribution in [0.1, 0.15) is 32.1 Å². The third kappa shape index (κ3) is 4.11. The Hall–Kier alpha value is -1.79. The summed E-state index contributed by atoms with van der Waals surface area (Å²) >= 11 is 0. The van der Waals surface area contributed by atoms with Gasteiger partial charge in [0.05, 0.1) is 6.42 Å². The lowest BCUT2D eigenvalue weighted by atomic mass is 10.1. The second kappa shape index (κ2) is 5.46. The monoisotopic (exact) mass is 269 g/mol. The molecule has 0 heterocycles. The van der Waals surface area contributed by atoms with Crippen LogP contribution in [0.25, 0.3) is 0 Å². The van der Waals surface area contributed by atoms with Gasteiger partial charge in [-0.25, -0.2) is 9.59 Å². The van der Waals surface area contributed by atoms with Crippen LogP contribution < -0.4 is 16.4 Å². The van der Waals surface area contributed by atoms with E-state index >= 15 is 0 Å². The molecule has 7 nitrogen and oxygen atoms in total. The van der Waals surface area contributed by atoms with Gasteiger partial charge in [0, 0.05) is 6.04 Å². The van der Waals surface area contributed by atoms with Gasteiger partial charge >= 0.3 is 12.0 Å². The van der Waals surface area contributed by atoms with E-state index < -0.39 is 30.4 Å². The Bertz CT molecular complexity index is 378. The molecule has 2 rings (SSSR count). The van der Waals surface area contributed by atoms with Crippen molar-refractivity contribution in [1.29, 1.82) is 0 Å². The summed E-state index contributed by atoms with van der Waals surface area (Å²) in [7, 11) is 0. The summed E-state index contributed by atoms with van der Waals surface area (Å²) in [4.78, 5) is 33.4. The van der Waals surface area contributed by atoms with Crippen molar-refractivity contribution in [3.63, 3.8) is 0 Å². The molecule has 0 saturated heterocycles. The number of hydrogen-bond acceptors (Lipinski definition) is 3. The fourth-order valence-electron chi connectivity index (χ4n) is 2.28. The summed E-state index contributed by atoms with van der Waals surface area (Å²) in [5, 5.41) is 14.0. The number of amides is 3. The molecule has 0 bridgehead atoms. The van der Waals surface area contributed by atoms with Crippen molar-refractivity contribution < 1.29 is 19.5 Å². The van der Waals surface area contributed by atoms with Crippen molar-refractivity contribution >= 4 is 17.9 Å². The van der Waals surface area contributed by atoms with Crippen LogP contribution >= 0.6 is 0 Å². The van der Waals surface area contributed by atoms with E-state index in [2.05, 4.69) is 10.6 Å². The number of aliphatic carboxylic acids is 1. The zero-order chi connectivity index (χ0) is 14.0. The van der Waals surface area contributed by atoms with E-state index in [1.807, 2.05) is 0 Å². The average Bonchev–Trinajstić information content (AvgIpc) is 3.14. The van der Waals surface area contributed by atoms with Crippen LogP contribution in [-0.2, 0) is 9.59 Å². The second-order valence-corrected chi connectivity index (χ2v) is 5.38. The van der Waals surface area contributed by atoms with Crippen molar-refractivity contribution in [3.05, 3.63) is 0 Å². The first-order valence-electron chi connectivity index (χ1n) is 6.55. The first kappa shape index (κ1) is 13.6. The van der Waals surface area contributed by atoms with Crippen LogP contribution in [0, 0.1) is 11.8 Å². The van der Waals surface area contributed by atoms with Gasteiger partial charge in [-0.1, -0.05) is 0 Å². The maximum absolute atomic E-state index is 11.8. The molecule has 5 N–H and O–H groups in total. The number of carboxylic acids is 1. The molecule has 0 aromatic heterocycles. The predicted molar refractivity (Wildman–Crippen MR) is 66.1 cm³/mol. The van der Waals surface area contributed by atoms with Gasteiger partial charge in [-0.15, -0.1) is 0 Å². The number of carbonyl (C=O) groups is 3. The highest BCUT2D eigenvalue weighted by atomic mass is 16.4. The zero-order valence-corrected chi connectivity index (χ0v) is 10.6. The van der Waals surface area contributed by atoms with Crippen LogP contribution in [0.3, 0.4) is 0 Å². The summed E-state index contributed by atoms with van der Waals surface area (Å²) in [5.41, 5.74) is 4.95. The molecular weight excluding hydrogens is 250 g/mol. The van der Waals surface area contributed by atoms with Gasteiger partial charge in [-0.3, -0.25) is 4.79 Å². The lowest BCUT2D eigenvalue weighted by molar-refractivity contribution is -0.140. The summed E-state index contributed by atoms with van der Waals surface area (Å²) in [6, 6.07) is -1.66. The molecule has 0 unspecified atom stereocenters. The maximum Gasteiger partial charge on any atom is 0.326 e. The summed E-state index contributed by atoms with van der Waals surface area (Å²) in [6.45, 7) is 0. The summed E-state index contributed by atoms with van der Waals surface area (Å²) < 4.78 is 0. The standard InChI is InChI=1S/C12H19N3O4/c13-9(16)5-8(11(17)18)14-12(19)15-10(6-1-2-6)7-3-4-7/h6-8,10H,1-5H2,(H2,13,16)(H,17,18)(H2,14,15,19)/t8-/m1/s1. The maximum atomic E-state index is 11.8. The molecule has 2 aliphatic carbocycles. The number of primary amides is 1. The Balaban J connectivity index is 1.83. The molecule has 0 radical (unpaired) electrons. The molecule has 106 valence electrons. The van der Waals surface area contributed by atoms with Crippen molar-refractivity contribution in [2.75, 3.05) is 0 Å². The number of hydrogen-bond donors (Lipinski definition) is 4. The fourth-order valence-corrected chi connectivity index (χ4v) is 2.28.